The monoisotopic (exact) mass is 252 g/mol. The Morgan fingerprint density at radius 1 is 1.17 bits per heavy atom. The maximum Gasteiger partial charge on any atom is 0.163 e. The highest BCUT2D eigenvalue weighted by Crippen LogP contribution is 2.40. The predicted molar refractivity (Wildman–Crippen MR) is 66.0 cm³/mol. The smallest absolute Gasteiger partial charge is 0.163 e. The Labute approximate surface area is 106 Å². The van der Waals surface area contributed by atoms with Gasteiger partial charge in [-0.25, -0.2) is 8.78 Å². The molecule has 1 aromatic rings. The van der Waals surface area contributed by atoms with Gasteiger partial charge in [-0.3, -0.25) is 4.90 Å². The number of nitrogens with two attached hydrogens (primary N) is 1. The van der Waals surface area contributed by atoms with Crippen LogP contribution in [-0.4, -0.2) is 23.5 Å². The minimum Gasteiger partial charge on any atom is -0.326 e. The number of likely N-dealkylation sites (tertiary alicyclic amines) is 1. The summed E-state index contributed by atoms with van der Waals surface area (Å²) >= 11 is 0. The third-order valence-electron chi connectivity index (χ3n) is 4.03. The maximum atomic E-state index is 14.0. The van der Waals surface area contributed by atoms with E-state index in [0.717, 1.165) is 38.3 Å². The number of piperidine rings is 1. The Kier molecular flexibility index (Phi) is 3.08. The summed E-state index contributed by atoms with van der Waals surface area (Å²) in [6.45, 7) is 0.943. The molecule has 2 atom stereocenters. The molecule has 0 aromatic heterocycles. The Balaban J connectivity index is 1.97. The topological polar surface area (TPSA) is 29.3 Å². The van der Waals surface area contributed by atoms with Crippen molar-refractivity contribution in [2.24, 2.45) is 5.73 Å². The molecule has 1 aliphatic heterocycles. The van der Waals surface area contributed by atoms with Crippen LogP contribution < -0.4 is 5.73 Å². The average Bonchev–Trinajstić information content (AvgIpc) is 3.17. The molecule has 1 heterocycles. The Morgan fingerprint density at radius 3 is 2.67 bits per heavy atom. The summed E-state index contributed by atoms with van der Waals surface area (Å²) in [6.07, 6.45) is 4.23. The van der Waals surface area contributed by atoms with E-state index < -0.39 is 11.6 Å². The third kappa shape index (κ3) is 2.04. The third-order valence-corrected chi connectivity index (χ3v) is 4.03. The molecule has 1 aliphatic carbocycles. The van der Waals surface area contributed by atoms with E-state index in [2.05, 4.69) is 4.90 Å². The van der Waals surface area contributed by atoms with Gasteiger partial charge in [0.1, 0.15) is 0 Å². The second kappa shape index (κ2) is 4.59. The lowest BCUT2D eigenvalue weighted by atomic mass is 9.90. The first kappa shape index (κ1) is 12.1. The summed E-state index contributed by atoms with van der Waals surface area (Å²) in [6, 6.07) is 4.65. The zero-order chi connectivity index (χ0) is 12.7. The molecule has 18 heavy (non-hydrogen) atoms. The van der Waals surface area contributed by atoms with Crippen molar-refractivity contribution < 1.29 is 8.78 Å². The van der Waals surface area contributed by atoms with Crippen molar-refractivity contribution in [2.45, 2.75) is 43.8 Å². The fraction of sp³-hybridized carbons (Fsp3) is 0.571. The molecule has 2 aliphatic rings. The van der Waals surface area contributed by atoms with Gasteiger partial charge in [-0.15, -0.1) is 0 Å². The van der Waals surface area contributed by atoms with Crippen LogP contribution in [0.2, 0.25) is 0 Å². The fourth-order valence-electron chi connectivity index (χ4n) is 3.03. The quantitative estimate of drug-likeness (QED) is 0.876. The van der Waals surface area contributed by atoms with Gasteiger partial charge in [-0.05, 0) is 38.3 Å². The highest BCUT2D eigenvalue weighted by molar-refractivity contribution is 5.25. The lowest BCUT2D eigenvalue weighted by Gasteiger charge is -2.40. The van der Waals surface area contributed by atoms with E-state index in [-0.39, 0.29) is 12.1 Å². The molecule has 2 N–H and O–H groups in total. The summed E-state index contributed by atoms with van der Waals surface area (Å²) < 4.78 is 27.3. The van der Waals surface area contributed by atoms with Gasteiger partial charge in [0.15, 0.2) is 11.6 Å². The number of nitrogens with zero attached hydrogens (tertiary/aromatic N) is 1. The van der Waals surface area contributed by atoms with Crippen molar-refractivity contribution in [3.8, 4) is 0 Å². The zero-order valence-electron chi connectivity index (χ0n) is 10.3. The van der Waals surface area contributed by atoms with Crippen molar-refractivity contribution >= 4 is 0 Å². The van der Waals surface area contributed by atoms with Crippen molar-refractivity contribution in [1.29, 1.82) is 0 Å². The number of halogens is 2. The minimum absolute atomic E-state index is 0.101. The SMILES string of the molecule is NC1CCCN(C2CC2)C1c1cccc(F)c1F. The van der Waals surface area contributed by atoms with Crippen LogP contribution in [-0.2, 0) is 0 Å². The van der Waals surface area contributed by atoms with Crippen molar-refractivity contribution in [1.82, 2.24) is 4.90 Å². The normalized spacial score (nSPS) is 29.5. The molecular formula is C14H18F2N2. The van der Waals surface area contributed by atoms with Gasteiger partial charge in [0.05, 0.1) is 6.04 Å². The molecule has 2 fully saturated rings. The Morgan fingerprint density at radius 2 is 1.94 bits per heavy atom. The molecule has 1 saturated carbocycles. The van der Waals surface area contributed by atoms with Gasteiger partial charge in [-0.2, -0.15) is 0 Å². The maximum absolute atomic E-state index is 14.0. The van der Waals surface area contributed by atoms with Crippen LogP contribution in [0.15, 0.2) is 18.2 Å². The van der Waals surface area contributed by atoms with Crippen molar-refractivity contribution in [2.75, 3.05) is 6.54 Å². The number of hydrogen-bond donors (Lipinski definition) is 1. The van der Waals surface area contributed by atoms with Crippen LogP contribution in [0.3, 0.4) is 0 Å². The largest absolute Gasteiger partial charge is 0.326 e. The van der Waals surface area contributed by atoms with E-state index in [9.17, 15) is 8.78 Å². The molecule has 1 saturated heterocycles. The van der Waals surface area contributed by atoms with Gasteiger partial charge in [0.25, 0.3) is 0 Å². The van der Waals surface area contributed by atoms with Crippen LogP contribution in [0.5, 0.6) is 0 Å². The average molecular weight is 252 g/mol. The van der Waals surface area contributed by atoms with Crippen LogP contribution in [0, 0.1) is 11.6 Å². The molecule has 98 valence electrons. The van der Waals surface area contributed by atoms with Crippen LogP contribution in [0.4, 0.5) is 8.78 Å². The lowest BCUT2D eigenvalue weighted by molar-refractivity contribution is 0.116. The van der Waals surface area contributed by atoms with Crippen molar-refractivity contribution in [3.05, 3.63) is 35.4 Å². The molecule has 4 heteroatoms. The summed E-state index contributed by atoms with van der Waals surface area (Å²) in [5, 5.41) is 0. The summed E-state index contributed by atoms with van der Waals surface area (Å²) in [5.41, 5.74) is 6.58. The van der Waals surface area contributed by atoms with Crippen LogP contribution >= 0.6 is 0 Å². The first-order valence-electron chi connectivity index (χ1n) is 6.63. The fourth-order valence-corrected chi connectivity index (χ4v) is 3.03. The van der Waals surface area contributed by atoms with Crippen molar-refractivity contribution in [3.63, 3.8) is 0 Å². The van der Waals surface area contributed by atoms with Gasteiger partial charge in [0, 0.05) is 17.6 Å². The van der Waals surface area contributed by atoms with Crippen LogP contribution in [0.25, 0.3) is 0 Å². The second-order valence-electron chi connectivity index (χ2n) is 5.36. The Bertz CT molecular complexity index is 445. The Hall–Kier alpha value is -1.00. The second-order valence-corrected chi connectivity index (χ2v) is 5.36. The van der Waals surface area contributed by atoms with Gasteiger partial charge < -0.3 is 5.73 Å². The molecule has 2 nitrogen and oxygen atoms in total. The lowest BCUT2D eigenvalue weighted by Crippen LogP contribution is -2.47. The number of rotatable bonds is 2. The highest BCUT2D eigenvalue weighted by Gasteiger charge is 2.40. The molecule has 3 rings (SSSR count). The standard InChI is InChI=1S/C14H18F2N2/c15-11-4-1-3-10(13(11)16)14-12(17)5-2-8-18(14)9-6-7-9/h1,3-4,9,12,14H,2,5-8,17H2. The zero-order valence-corrected chi connectivity index (χ0v) is 10.3. The highest BCUT2D eigenvalue weighted by atomic mass is 19.2. The summed E-state index contributed by atoms with van der Waals surface area (Å²) in [7, 11) is 0. The predicted octanol–water partition coefficient (Wildman–Crippen LogP) is 2.59. The van der Waals surface area contributed by atoms with E-state index in [1.807, 2.05) is 0 Å². The molecule has 0 amide bonds. The summed E-state index contributed by atoms with van der Waals surface area (Å²) in [5.74, 6) is -1.51. The molecule has 2 unspecified atom stereocenters. The van der Waals surface area contributed by atoms with E-state index >= 15 is 0 Å². The molecule has 0 bridgehead atoms. The first-order chi connectivity index (χ1) is 8.68. The minimum atomic E-state index is -0.777. The van der Waals surface area contributed by atoms with Gasteiger partial charge >= 0.3 is 0 Å². The van der Waals surface area contributed by atoms with E-state index in [1.165, 1.54) is 0 Å². The molecule has 0 spiro atoms. The van der Waals surface area contributed by atoms with E-state index in [0.29, 0.717) is 11.6 Å². The van der Waals surface area contributed by atoms with E-state index in [4.69, 9.17) is 5.73 Å². The van der Waals surface area contributed by atoms with Crippen LogP contribution in [0.1, 0.15) is 37.3 Å². The van der Waals surface area contributed by atoms with Gasteiger partial charge in [0.2, 0.25) is 0 Å². The van der Waals surface area contributed by atoms with Gasteiger partial charge in [-0.1, -0.05) is 12.1 Å². The number of benzene rings is 1. The van der Waals surface area contributed by atoms with E-state index in [1.54, 1.807) is 12.1 Å². The number of hydrogen-bond acceptors (Lipinski definition) is 2. The first-order valence-corrected chi connectivity index (χ1v) is 6.63. The summed E-state index contributed by atoms with van der Waals surface area (Å²) in [4.78, 5) is 2.27. The molecular weight excluding hydrogens is 234 g/mol. The molecule has 0 radical (unpaired) electrons. The molecule has 1 aromatic carbocycles.